The maximum absolute atomic E-state index is 12.1. The van der Waals surface area contributed by atoms with Gasteiger partial charge in [0.15, 0.2) is 5.82 Å². The predicted molar refractivity (Wildman–Crippen MR) is 74.0 cm³/mol. The Hall–Kier alpha value is -2.33. The molecule has 1 aliphatic rings. The van der Waals surface area contributed by atoms with Crippen LogP contribution in [0.25, 0.3) is 0 Å². The molecule has 0 aromatic carbocycles. The maximum atomic E-state index is 12.1. The van der Waals surface area contributed by atoms with E-state index < -0.39 is 6.04 Å². The minimum atomic E-state index is -0.479. The lowest BCUT2D eigenvalue weighted by atomic mass is 10.1. The van der Waals surface area contributed by atoms with Gasteiger partial charge in [0.25, 0.3) is 0 Å². The van der Waals surface area contributed by atoms with Gasteiger partial charge in [0, 0.05) is 19.3 Å². The van der Waals surface area contributed by atoms with E-state index in [1.54, 1.807) is 11.0 Å². The molecule has 1 amide bonds. The highest BCUT2D eigenvalue weighted by atomic mass is 16.5. The molecule has 106 valence electrons. The van der Waals surface area contributed by atoms with Crippen LogP contribution < -0.4 is 16.0 Å². The fourth-order valence-corrected chi connectivity index (χ4v) is 2.15. The Labute approximate surface area is 117 Å². The van der Waals surface area contributed by atoms with Crippen molar-refractivity contribution in [2.45, 2.75) is 13.0 Å². The lowest BCUT2D eigenvalue weighted by Gasteiger charge is -2.35. The fraction of sp³-hybridized carbons (Fsp3) is 0.462. The van der Waals surface area contributed by atoms with E-state index in [2.05, 4.69) is 10.3 Å². The number of hydrogen-bond donors (Lipinski definition) is 2. The quantitative estimate of drug-likeness (QED) is 0.796. The van der Waals surface area contributed by atoms with E-state index in [0.29, 0.717) is 36.8 Å². The van der Waals surface area contributed by atoms with Crippen molar-refractivity contribution < 1.29 is 9.53 Å². The van der Waals surface area contributed by atoms with Crippen molar-refractivity contribution in [2.24, 2.45) is 0 Å². The van der Waals surface area contributed by atoms with E-state index in [4.69, 9.17) is 15.7 Å². The van der Waals surface area contributed by atoms with Crippen LogP contribution in [0.5, 0.6) is 0 Å². The number of rotatable bonds is 3. The van der Waals surface area contributed by atoms with E-state index in [9.17, 15) is 4.79 Å². The van der Waals surface area contributed by atoms with Gasteiger partial charge in [0.2, 0.25) is 5.91 Å². The number of nitrogen functional groups attached to an aromatic ring is 1. The van der Waals surface area contributed by atoms with Crippen LogP contribution in [0.4, 0.5) is 11.5 Å². The van der Waals surface area contributed by atoms with Gasteiger partial charge >= 0.3 is 0 Å². The number of ether oxygens (including phenoxy) is 1. The molecular weight excluding hydrogens is 258 g/mol. The minimum Gasteiger partial charge on any atom is -0.395 e. The molecule has 1 aromatic heterocycles. The first kappa shape index (κ1) is 14.1. The monoisotopic (exact) mass is 275 g/mol. The Morgan fingerprint density at radius 3 is 3.25 bits per heavy atom. The number of carbonyl (C=O) groups excluding carboxylic acids is 1. The van der Waals surface area contributed by atoms with Crippen LogP contribution in [0, 0.1) is 11.3 Å². The molecule has 0 spiro atoms. The summed E-state index contributed by atoms with van der Waals surface area (Å²) in [5.41, 5.74) is 6.62. The van der Waals surface area contributed by atoms with Crippen LogP contribution in [0.15, 0.2) is 12.3 Å². The summed E-state index contributed by atoms with van der Waals surface area (Å²) in [6.45, 7) is 3.69. The van der Waals surface area contributed by atoms with Crippen molar-refractivity contribution >= 4 is 17.4 Å². The molecule has 7 heteroatoms. The Kier molecular flexibility index (Phi) is 4.38. The number of morpholine rings is 1. The number of likely N-dealkylation sites (N-methyl/N-ethyl adjacent to an activating group) is 1. The van der Waals surface area contributed by atoms with Crippen LogP contribution in [-0.2, 0) is 9.53 Å². The van der Waals surface area contributed by atoms with Crippen molar-refractivity contribution in [1.82, 2.24) is 10.3 Å². The smallest absolute Gasteiger partial charge is 0.245 e. The van der Waals surface area contributed by atoms with Gasteiger partial charge in [0.1, 0.15) is 12.1 Å². The van der Waals surface area contributed by atoms with Crippen molar-refractivity contribution in [2.75, 3.05) is 36.9 Å². The van der Waals surface area contributed by atoms with Crippen LogP contribution in [0.3, 0.4) is 0 Å². The molecule has 3 N–H and O–H groups in total. The number of nitrogens with zero attached hydrogens (tertiary/aromatic N) is 3. The summed E-state index contributed by atoms with van der Waals surface area (Å²) >= 11 is 0. The maximum Gasteiger partial charge on any atom is 0.245 e. The lowest BCUT2D eigenvalue weighted by molar-refractivity contribution is -0.124. The molecule has 1 fully saturated rings. The summed E-state index contributed by atoms with van der Waals surface area (Å²) in [5.74, 6) is 0.333. The Morgan fingerprint density at radius 2 is 2.55 bits per heavy atom. The molecule has 2 rings (SSSR count). The number of pyridine rings is 1. The summed E-state index contributed by atoms with van der Waals surface area (Å²) in [4.78, 5) is 18.1. The zero-order chi connectivity index (χ0) is 14.5. The summed E-state index contributed by atoms with van der Waals surface area (Å²) in [5, 5.41) is 11.8. The molecule has 0 radical (unpaired) electrons. The van der Waals surface area contributed by atoms with Gasteiger partial charge in [-0.1, -0.05) is 0 Å². The lowest BCUT2D eigenvalue weighted by Crippen LogP contribution is -2.54. The van der Waals surface area contributed by atoms with Gasteiger partial charge in [-0.3, -0.25) is 4.79 Å². The molecule has 2 heterocycles. The molecule has 1 aromatic rings. The minimum absolute atomic E-state index is 0.129. The largest absolute Gasteiger partial charge is 0.395 e. The molecule has 0 saturated carbocycles. The Bertz CT molecular complexity index is 540. The van der Waals surface area contributed by atoms with Gasteiger partial charge in [-0.25, -0.2) is 4.98 Å². The van der Waals surface area contributed by atoms with E-state index in [1.807, 2.05) is 13.0 Å². The number of nitrogens with one attached hydrogen (secondary N) is 1. The van der Waals surface area contributed by atoms with Gasteiger partial charge in [-0.15, -0.1) is 0 Å². The van der Waals surface area contributed by atoms with Crippen molar-refractivity contribution in [3.8, 4) is 6.07 Å². The first-order valence-electron chi connectivity index (χ1n) is 6.45. The molecule has 7 nitrogen and oxygen atoms in total. The average molecular weight is 275 g/mol. The zero-order valence-electron chi connectivity index (χ0n) is 11.3. The summed E-state index contributed by atoms with van der Waals surface area (Å²) in [6, 6.07) is 3.10. The van der Waals surface area contributed by atoms with Crippen LogP contribution in [0.1, 0.15) is 12.5 Å². The highest BCUT2D eigenvalue weighted by Crippen LogP contribution is 2.26. The molecule has 1 atom stereocenters. The number of nitriles is 1. The van der Waals surface area contributed by atoms with Crippen LogP contribution in [0.2, 0.25) is 0 Å². The first-order valence-corrected chi connectivity index (χ1v) is 6.45. The normalized spacial score (nSPS) is 18.4. The molecular formula is C13H17N5O2. The highest BCUT2D eigenvalue weighted by molar-refractivity contribution is 5.87. The average Bonchev–Trinajstić information content (AvgIpc) is 2.48. The summed E-state index contributed by atoms with van der Waals surface area (Å²) < 4.78 is 5.36. The highest BCUT2D eigenvalue weighted by Gasteiger charge is 2.31. The molecule has 1 saturated heterocycles. The number of nitrogens with two attached hydrogens (primary N) is 1. The Balaban J connectivity index is 2.33. The second-order valence-corrected chi connectivity index (χ2v) is 4.39. The number of carbonyl (C=O) groups is 1. The fourth-order valence-electron chi connectivity index (χ4n) is 2.15. The van der Waals surface area contributed by atoms with Crippen molar-refractivity contribution in [3.63, 3.8) is 0 Å². The first-order chi connectivity index (χ1) is 9.69. The second-order valence-electron chi connectivity index (χ2n) is 4.39. The summed E-state index contributed by atoms with van der Waals surface area (Å²) in [7, 11) is 0. The van der Waals surface area contributed by atoms with Gasteiger partial charge in [-0.05, 0) is 13.0 Å². The topological polar surface area (TPSA) is 104 Å². The third-order valence-corrected chi connectivity index (χ3v) is 3.14. The number of anilines is 2. The Morgan fingerprint density at radius 1 is 1.75 bits per heavy atom. The second kappa shape index (κ2) is 6.21. The van der Waals surface area contributed by atoms with Gasteiger partial charge in [0.05, 0.1) is 24.5 Å². The van der Waals surface area contributed by atoms with E-state index >= 15 is 0 Å². The molecule has 1 unspecified atom stereocenters. The van der Waals surface area contributed by atoms with Gasteiger partial charge in [-0.2, -0.15) is 5.26 Å². The molecule has 20 heavy (non-hydrogen) atoms. The van der Waals surface area contributed by atoms with Crippen molar-refractivity contribution in [1.29, 1.82) is 5.26 Å². The van der Waals surface area contributed by atoms with E-state index in [1.165, 1.54) is 6.20 Å². The molecule has 0 bridgehead atoms. The SMILES string of the molecule is CCNC(=O)C1COCCN1c1nccc(C#N)c1N. The zero-order valence-corrected chi connectivity index (χ0v) is 11.3. The standard InChI is InChI=1S/C13H17N5O2/c1-2-16-13(19)10-8-20-6-5-18(10)12-11(15)9(7-14)3-4-17-12/h3-4,10H,2,5-6,8,15H2,1H3,(H,16,19). The third-order valence-electron chi connectivity index (χ3n) is 3.14. The number of hydrogen-bond acceptors (Lipinski definition) is 6. The predicted octanol–water partition coefficient (Wildman–Crippen LogP) is -0.123. The summed E-state index contributed by atoms with van der Waals surface area (Å²) in [6.07, 6.45) is 1.52. The molecule has 0 aliphatic carbocycles. The van der Waals surface area contributed by atoms with Crippen LogP contribution in [-0.4, -0.2) is 43.2 Å². The van der Waals surface area contributed by atoms with Crippen LogP contribution >= 0.6 is 0 Å². The number of amides is 1. The van der Waals surface area contributed by atoms with E-state index in [0.717, 1.165) is 0 Å². The van der Waals surface area contributed by atoms with Gasteiger partial charge < -0.3 is 20.7 Å². The third kappa shape index (κ3) is 2.65. The number of aromatic nitrogens is 1. The van der Waals surface area contributed by atoms with Crippen molar-refractivity contribution in [3.05, 3.63) is 17.8 Å². The van der Waals surface area contributed by atoms with E-state index in [-0.39, 0.29) is 12.5 Å². The molecule has 1 aliphatic heterocycles.